The molecule has 0 amide bonds. The van der Waals surface area contributed by atoms with Crippen molar-refractivity contribution in [3.8, 4) is 27.9 Å². The number of para-hydroxylation sites is 2. The molecule has 0 aliphatic rings. The maximum Gasteiger partial charge on any atom is 0.337 e. The van der Waals surface area contributed by atoms with Crippen molar-refractivity contribution in [3.05, 3.63) is 128 Å². The summed E-state index contributed by atoms with van der Waals surface area (Å²) in [5.74, 6) is 1.89. The van der Waals surface area contributed by atoms with Crippen LogP contribution in [0.1, 0.15) is 163 Å². The molecule has 0 spiro atoms. The van der Waals surface area contributed by atoms with Gasteiger partial charge in [0.15, 0.2) is 0 Å². The molecule has 0 bridgehead atoms. The van der Waals surface area contributed by atoms with Gasteiger partial charge in [0.25, 0.3) is 10.3 Å². The number of imidazole rings is 1. The minimum atomic E-state index is -0.991. The second kappa shape index (κ2) is 15.9. The zero-order valence-electron chi connectivity index (χ0n) is 34.9. The lowest BCUT2D eigenvalue weighted by Crippen LogP contribution is -2.35. The van der Waals surface area contributed by atoms with Crippen LogP contribution in [-0.4, -0.2) is 8.66 Å². The van der Waals surface area contributed by atoms with Crippen LogP contribution in [0, 0.1) is 13.8 Å². The molecule has 0 radical (unpaired) electrons. The molecule has 0 saturated carbocycles. The molecule has 4 aromatic carbocycles. The van der Waals surface area contributed by atoms with E-state index in [2.05, 4.69) is 183 Å². The van der Waals surface area contributed by atoms with Gasteiger partial charge >= 0.3 is 5.57 Å². The van der Waals surface area contributed by atoms with E-state index >= 15 is 0 Å². The van der Waals surface area contributed by atoms with Gasteiger partial charge in [0.1, 0.15) is 18.7 Å². The second-order valence-electron chi connectivity index (χ2n) is 17.0. The first-order chi connectivity index (χ1) is 25.5. The minimum absolute atomic E-state index is 0.282. The summed E-state index contributed by atoms with van der Waals surface area (Å²) in [5, 5.41) is 2.70. The number of hydrogen-bond donors (Lipinski definition) is 0. The zero-order chi connectivity index (χ0) is 39.5. The van der Waals surface area contributed by atoms with Gasteiger partial charge in [-0.15, -0.1) is 0 Å². The second-order valence-corrected chi connectivity index (χ2v) is 23.1. The number of nitrogens with zero attached hydrogens (tertiary/aromatic N) is 3. The van der Waals surface area contributed by atoms with E-state index in [0.717, 1.165) is 0 Å². The van der Waals surface area contributed by atoms with Gasteiger partial charge in [-0.1, -0.05) is 150 Å². The summed E-state index contributed by atoms with van der Waals surface area (Å²) in [5.41, 5.74) is 15.5. The van der Waals surface area contributed by atoms with E-state index in [1.54, 1.807) is 0 Å². The van der Waals surface area contributed by atoms with E-state index in [1.807, 2.05) is 0 Å². The Kier molecular flexibility index (Phi) is 12.0. The number of hydrogen-bond acceptors (Lipinski definition) is 0. The maximum atomic E-state index is 7.81. The van der Waals surface area contributed by atoms with Crippen molar-refractivity contribution < 1.29 is 4.57 Å². The van der Waals surface area contributed by atoms with E-state index in [1.165, 1.54) is 72.4 Å². The van der Waals surface area contributed by atoms with Crippen molar-refractivity contribution in [2.75, 3.05) is 0 Å². The molecule has 0 N–H and O–H groups in total. The average Bonchev–Trinajstić information content (AvgIpc) is 3.79. The molecule has 2 unspecified atom stereocenters. The van der Waals surface area contributed by atoms with E-state index in [0.29, 0.717) is 22.1 Å². The topological polar surface area (TPSA) is 13.7 Å². The molecule has 2 heterocycles. The van der Waals surface area contributed by atoms with Crippen molar-refractivity contribution in [2.45, 2.75) is 132 Å². The van der Waals surface area contributed by atoms with Crippen LogP contribution in [0.15, 0.2) is 72.8 Å². The van der Waals surface area contributed by atoms with Crippen molar-refractivity contribution in [1.29, 1.82) is 0 Å². The van der Waals surface area contributed by atoms with Crippen molar-refractivity contribution in [1.82, 2.24) is 8.66 Å². The summed E-state index contributed by atoms with van der Waals surface area (Å²) in [6.45, 7) is 32.3. The summed E-state index contributed by atoms with van der Waals surface area (Å²) in [7, 11) is -1.82. The Hall–Kier alpha value is -2.93. The fourth-order valence-corrected chi connectivity index (χ4v) is 17.1. The number of rotatable bonds is 11. The normalized spacial score (nSPS) is 13.0. The van der Waals surface area contributed by atoms with Gasteiger partial charge in [-0.25, -0.2) is 0 Å². The van der Waals surface area contributed by atoms with Gasteiger partial charge in [-0.05, 0) is 101 Å². The Balaban J connectivity index is 1.93. The third-order valence-electron chi connectivity index (χ3n) is 10.9. The van der Waals surface area contributed by atoms with Crippen LogP contribution in [0.5, 0.6) is 0 Å². The Morgan fingerprint density at radius 2 is 0.963 bits per heavy atom. The molecule has 0 aliphatic carbocycles. The minimum Gasteiger partial charge on any atom is -0.267 e. The van der Waals surface area contributed by atoms with Gasteiger partial charge < -0.3 is 0 Å². The fraction of sp³-hybridized carbons (Fsp3) is 0.426. The van der Waals surface area contributed by atoms with Crippen LogP contribution in [0.2, 0.25) is 10.3 Å². The first-order valence-electron chi connectivity index (χ1n) is 19.9. The molecular formula is C47H60Cl2N3P2+. The summed E-state index contributed by atoms with van der Waals surface area (Å²) in [4.78, 5) is 0. The van der Waals surface area contributed by atoms with Gasteiger partial charge in [0.05, 0.1) is 5.69 Å². The van der Waals surface area contributed by atoms with E-state index in [4.69, 9.17) is 23.2 Å². The Morgan fingerprint density at radius 3 is 1.41 bits per heavy atom. The molecule has 54 heavy (non-hydrogen) atoms. The average molecular weight is 800 g/mol. The van der Waals surface area contributed by atoms with Crippen molar-refractivity contribution in [2.24, 2.45) is 0 Å². The molecule has 6 aromatic rings. The first kappa shape index (κ1) is 40.7. The predicted molar refractivity (Wildman–Crippen MR) is 239 cm³/mol. The van der Waals surface area contributed by atoms with Crippen LogP contribution >= 0.6 is 37.9 Å². The number of aryl methyl sites for hydroxylation is 2. The smallest absolute Gasteiger partial charge is 0.267 e. The maximum absolute atomic E-state index is 7.81. The van der Waals surface area contributed by atoms with Gasteiger partial charge in [0, 0.05) is 34.9 Å². The van der Waals surface area contributed by atoms with Crippen LogP contribution in [0.25, 0.3) is 27.9 Å². The van der Waals surface area contributed by atoms with Crippen LogP contribution in [-0.2, 0) is 0 Å². The van der Waals surface area contributed by atoms with Gasteiger partial charge in [-0.3, -0.25) is 4.09 Å². The number of benzene rings is 4. The van der Waals surface area contributed by atoms with Crippen LogP contribution < -0.4 is 4.57 Å². The highest BCUT2D eigenvalue weighted by Crippen LogP contribution is 2.77. The lowest BCUT2D eigenvalue weighted by molar-refractivity contribution is -0.578. The Bertz CT molecular complexity index is 2140. The molecule has 3 nitrogen and oxygen atoms in total. The standard InChI is InChI=1S/C47H60Cl2N3P2/c1-27(2)35-18-15-19-36(28(3)4)42(35)50-45(48)46(49)51(43-37(29(5)6)20-16-21-38(43)30(7)8)47(50)54-52(41-26-33(13)24-25-34(41)14)53(54)44-39(31(9)10)22-17-23-40(44)32(11)12/h15-32H,1-14H3/q+1. The van der Waals surface area contributed by atoms with Crippen LogP contribution in [0.3, 0.4) is 0 Å². The van der Waals surface area contributed by atoms with Gasteiger partial charge in [0.2, 0.25) is 0 Å². The van der Waals surface area contributed by atoms with Gasteiger partial charge in [-0.2, -0.15) is 9.13 Å². The summed E-state index contributed by atoms with van der Waals surface area (Å²) < 4.78 is 7.62. The molecule has 0 aliphatic heterocycles. The Labute approximate surface area is 337 Å². The van der Waals surface area contributed by atoms with E-state index < -0.39 is 14.7 Å². The molecule has 0 fully saturated rings. The molecular weight excluding hydrogens is 739 g/mol. The number of aromatic nitrogens is 3. The summed E-state index contributed by atoms with van der Waals surface area (Å²) >= 11 is 15.6. The van der Waals surface area contributed by atoms with Crippen molar-refractivity contribution >= 4 is 37.9 Å². The lowest BCUT2D eigenvalue weighted by Gasteiger charge is -2.19. The first-order valence-corrected chi connectivity index (χ1v) is 23.9. The third kappa shape index (κ3) is 7.13. The highest BCUT2D eigenvalue weighted by Gasteiger charge is 2.45. The van der Waals surface area contributed by atoms with Crippen molar-refractivity contribution in [3.63, 3.8) is 0 Å². The van der Waals surface area contributed by atoms with Crippen LogP contribution in [0.4, 0.5) is 0 Å². The zero-order valence-corrected chi connectivity index (χ0v) is 38.2. The molecule has 2 aromatic heterocycles. The molecule has 2 atom stereocenters. The highest BCUT2D eigenvalue weighted by molar-refractivity contribution is 8.22. The molecule has 6 rings (SSSR count). The largest absolute Gasteiger partial charge is 0.337 e. The summed E-state index contributed by atoms with van der Waals surface area (Å²) in [6, 6.07) is 27.6. The predicted octanol–water partition coefficient (Wildman–Crippen LogP) is 16.2. The summed E-state index contributed by atoms with van der Waals surface area (Å²) in [6.07, 6.45) is 0. The number of halogens is 2. The highest BCUT2D eigenvalue weighted by atomic mass is 35.5. The monoisotopic (exact) mass is 798 g/mol. The quantitative estimate of drug-likeness (QED) is 0.116. The fourth-order valence-electron chi connectivity index (χ4n) is 7.94. The lowest BCUT2D eigenvalue weighted by atomic mass is 9.92. The molecule has 286 valence electrons. The van der Waals surface area contributed by atoms with E-state index in [-0.39, 0.29) is 23.7 Å². The third-order valence-corrected chi connectivity index (χ3v) is 18.4. The Morgan fingerprint density at radius 1 is 0.537 bits per heavy atom. The molecule has 7 heteroatoms. The molecule has 0 saturated heterocycles. The SMILES string of the molecule is Cc1ccc(C)c(-n2p(-c3c(C(C)C)cccc3C(C)C)p2-c2n(-c3c(C(C)C)cccc3C(C)C)c(Cl)c(Cl)[n+]2-c2c(C(C)C)cccc2C(C)C)c1. The van der Waals surface area contributed by atoms with E-state index in [9.17, 15) is 0 Å².